The molecule has 2 aliphatic rings. The highest BCUT2D eigenvalue weighted by atomic mass is 15.2. The Morgan fingerprint density at radius 3 is 2.06 bits per heavy atom. The Bertz CT molecular complexity index is 191. The van der Waals surface area contributed by atoms with E-state index >= 15 is 0 Å². The zero-order chi connectivity index (χ0) is 11.4. The summed E-state index contributed by atoms with van der Waals surface area (Å²) in [5, 5.41) is 0. The van der Waals surface area contributed by atoms with Crippen LogP contribution in [0.5, 0.6) is 0 Å². The van der Waals surface area contributed by atoms with Gasteiger partial charge in [0, 0.05) is 6.04 Å². The van der Waals surface area contributed by atoms with Crippen LogP contribution in [0.1, 0.15) is 64.7 Å². The van der Waals surface area contributed by atoms with Crippen LogP contribution in [0.3, 0.4) is 0 Å². The maximum absolute atomic E-state index is 5.80. The van der Waals surface area contributed by atoms with Gasteiger partial charge in [-0.15, -0.1) is 0 Å². The summed E-state index contributed by atoms with van der Waals surface area (Å²) in [6.07, 6.45) is 12.7. The van der Waals surface area contributed by atoms with Gasteiger partial charge in [-0.05, 0) is 43.4 Å². The van der Waals surface area contributed by atoms with Crippen LogP contribution in [-0.2, 0) is 0 Å². The van der Waals surface area contributed by atoms with Gasteiger partial charge < -0.3 is 0 Å². The van der Waals surface area contributed by atoms with Crippen molar-refractivity contribution in [2.75, 3.05) is 0 Å². The number of hydrogen-bond donors (Lipinski definition) is 2. The quantitative estimate of drug-likeness (QED) is 0.568. The van der Waals surface area contributed by atoms with Gasteiger partial charge in [-0.2, -0.15) is 0 Å². The van der Waals surface area contributed by atoms with Gasteiger partial charge in [-0.25, -0.2) is 0 Å². The Morgan fingerprint density at radius 1 is 1.00 bits per heavy atom. The molecular weight excluding hydrogens is 196 g/mol. The third-order valence-electron chi connectivity index (χ3n) is 5.08. The first-order valence-corrected chi connectivity index (χ1v) is 7.31. The van der Waals surface area contributed by atoms with Crippen molar-refractivity contribution in [3.63, 3.8) is 0 Å². The van der Waals surface area contributed by atoms with Crippen molar-refractivity contribution >= 4 is 0 Å². The van der Waals surface area contributed by atoms with E-state index in [9.17, 15) is 0 Å². The van der Waals surface area contributed by atoms with Gasteiger partial charge in [0.05, 0.1) is 0 Å². The minimum absolute atomic E-state index is 0.611. The summed E-state index contributed by atoms with van der Waals surface area (Å²) in [5.74, 6) is 8.52. The highest BCUT2D eigenvalue weighted by Crippen LogP contribution is 2.38. The molecule has 0 aromatic rings. The predicted octanol–water partition coefficient (Wildman–Crippen LogP) is 3.22. The van der Waals surface area contributed by atoms with Crippen LogP contribution in [-0.4, -0.2) is 6.04 Å². The maximum atomic E-state index is 5.80. The van der Waals surface area contributed by atoms with Gasteiger partial charge in [-0.1, -0.05) is 39.0 Å². The molecule has 0 saturated heterocycles. The van der Waals surface area contributed by atoms with E-state index in [2.05, 4.69) is 12.3 Å². The maximum Gasteiger partial charge on any atom is 0.0266 e. The fourth-order valence-electron chi connectivity index (χ4n) is 3.93. The third-order valence-corrected chi connectivity index (χ3v) is 5.08. The Morgan fingerprint density at radius 2 is 1.56 bits per heavy atom. The number of nitrogens with two attached hydrogens (primary N) is 1. The van der Waals surface area contributed by atoms with Crippen molar-refractivity contribution in [2.24, 2.45) is 23.6 Å². The summed E-state index contributed by atoms with van der Waals surface area (Å²) in [6, 6.07) is 0.611. The molecule has 2 aliphatic carbocycles. The van der Waals surface area contributed by atoms with Crippen LogP contribution in [0.25, 0.3) is 0 Å². The van der Waals surface area contributed by atoms with Crippen LogP contribution in [0, 0.1) is 17.8 Å². The van der Waals surface area contributed by atoms with Crippen molar-refractivity contribution in [1.82, 2.24) is 5.43 Å². The Kier molecular flexibility index (Phi) is 4.66. The lowest BCUT2D eigenvalue weighted by atomic mass is 9.74. The molecule has 0 amide bonds. The van der Waals surface area contributed by atoms with E-state index in [1.807, 2.05) is 0 Å². The van der Waals surface area contributed by atoms with Crippen molar-refractivity contribution in [3.8, 4) is 0 Å². The molecule has 0 aliphatic heterocycles. The molecule has 1 atom stereocenters. The van der Waals surface area contributed by atoms with Crippen LogP contribution in [0.15, 0.2) is 0 Å². The largest absolute Gasteiger partial charge is 0.271 e. The van der Waals surface area contributed by atoms with Crippen molar-refractivity contribution in [2.45, 2.75) is 70.8 Å². The monoisotopic (exact) mass is 224 g/mol. The minimum atomic E-state index is 0.611. The molecule has 2 heteroatoms. The standard InChI is InChI=1S/C14H28N2/c1-2-11-7-9-13(10-8-11)14(16-15)12-5-3-4-6-12/h11-14,16H,2-10,15H2,1H3. The fraction of sp³-hybridized carbons (Fsp3) is 1.00. The molecule has 94 valence electrons. The van der Waals surface area contributed by atoms with E-state index in [1.165, 1.54) is 57.8 Å². The van der Waals surface area contributed by atoms with E-state index in [1.54, 1.807) is 0 Å². The first-order valence-electron chi connectivity index (χ1n) is 7.31. The second kappa shape index (κ2) is 6.02. The number of hydrogen-bond acceptors (Lipinski definition) is 2. The number of nitrogens with one attached hydrogen (secondary N) is 1. The van der Waals surface area contributed by atoms with Crippen LogP contribution < -0.4 is 11.3 Å². The van der Waals surface area contributed by atoms with E-state index in [-0.39, 0.29) is 0 Å². The zero-order valence-electron chi connectivity index (χ0n) is 10.8. The predicted molar refractivity (Wildman–Crippen MR) is 68.8 cm³/mol. The van der Waals surface area contributed by atoms with Gasteiger partial charge in [0.1, 0.15) is 0 Å². The van der Waals surface area contributed by atoms with Crippen molar-refractivity contribution in [1.29, 1.82) is 0 Å². The molecule has 0 bridgehead atoms. The Labute approximate surface area is 100 Å². The van der Waals surface area contributed by atoms with Gasteiger partial charge in [0.15, 0.2) is 0 Å². The SMILES string of the molecule is CCC1CCC(C(NN)C2CCCC2)CC1. The molecule has 2 saturated carbocycles. The van der Waals surface area contributed by atoms with Gasteiger partial charge in [0.2, 0.25) is 0 Å². The van der Waals surface area contributed by atoms with E-state index in [4.69, 9.17) is 5.84 Å². The summed E-state index contributed by atoms with van der Waals surface area (Å²) < 4.78 is 0. The molecular formula is C14H28N2. The zero-order valence-corrected chi connectivity index (χ0v) is 10.8. The molecule has 2 nitrogen and oxygen atoms in total. The first-order chi connectivity index (χ1) is 7.85. The summed E-state index contributed by atoms with van der Waals surface area (Å²) in [4.78, 5) is 0. The molecule has 3 N–H and O–H groups in total. The average molecular weight is 224 g/mol. The highest BCUT2D eigenvalue weighted by molar-refractivity contribution is 4.87. The summed E-state index contributed by atoms with van der Waals surface area (Å²) >= 11 is 0. The molecule has 0 aromatic heterocycles. The van der Waals surface area contributed by atoms with Crippen molar-refractivity contribution in [3.05, 3.63) is 0 Å². The molecule has 0 radical (unpaired) electrons. The molecule has 0 heterocycles. The number of rotatable bonds is 4. The van der Waals surface area contributed by atoms with Gasteiger partial charge in [-0.3, -0.25) is 11.3 Å². The van der Waals surface area contributed by atoms with E-state index in [0.29, 0.717) is 6.04 Å². The minimum Gasteiger partial charge on any atom is -0.271 e. The fourth-order valence-corrected chi connectivity index (χ4v) is 3.93. The molecule has 0 aromatic carbocycles. The van der Waals surface area contributed by atoms with E-state index in [0.717, 1.165) is 17.8 Å². The molecule has 1 unspecified atom stereocenters. The van der Waals surface area contributed by atoms with Crippen LogP contribution >= 0.6 is 0 Å². The normalized spacial score (nSPS) is 34.1. The van der Waals surface area contributed by atoms with Crippen LogP contribution in [0.4, 0.5) is 0 Å². The topological polar surface area (TPSA) is 38.0 Å². The molecule has 16 heavy (non-hydrogen) atoms. The third kappa shape index (κ3) is 2.78. The van der Waals surface area contributed by atoms with Crippen LogP contribution in [0.2, 0.25) is 0 Å². The summed E-state index contributed by atoms with van der Waals surface area (Å²) in [6.45, 7) is 2.33. The number of hydrazine groups is 1. The summed E-state index contributed by atoms with van der Waals surface area (Å²) in [5.41, 5.74) is 3.15. The van der Waals surface area contributed by atoms with Gasteiger partial charge >= 0.3 is 0 Å². The Balaban J connectivity index is 1.85. The van der Waals surface area contributed by atoms with Crippen molar-refractivity contribution < 1.29 is 0 Å². The lowest BCUT2D eigenvalue weighted by molar-refractivity contribution is 0.177. The second-order valence-corrected chi connectivity index (χ2v) is 5.93. The Hall–Kier alpha value is -0.0800. The second-order valence-electron chi connectivity index (χ2n) is 5.93. The first kappa shape index (κ1) is 12.4. The highest BCUT2D eigenvalue weighted by Gasteiger charge is 2.32. The molecule has 2 rings (SSSR count). The molecule has 2 fully saturated rings. The smallest absolute Gasteiger partial charge is 0.0266 e. The van der Waals surface area contributed by atoms with Gasteiger partial charge in [0.25, 0.3) is 0 Å². The average Bonchev–Trinajstić information content (AvgIpc) is 2.85. The lowest BCUT2D eigenvalue weighted by Gasteiger charge is -2.36. The summed E-state index contributed by atoms with van der Waals surface area (Å²) in [7, 11) is 0. The molecule has 0 spiro atoms. The lowest BCUT2D eigenvalue weighted by Crippen LogP contribution is -2.46. The van der Waals surface area contributed by atoms with E-state index < -0.39 is 0 Å².